The Labute approximate surface area is 155 Å². The third-order valence-electron chi connectivity index (χ3n) is 3.16. The molecule has 145 valence electrons. The van der Waals surface area contributed by atoms with Crippen LogP contribution in [0, 0.1) is 0 Å². The Hall–Kier alpha value is 0.884. The van der Waals surface area contributed by atoms with Gasteiger partial charge in [-0.25, -0.2) is 0 Å². The Balaban J connectivity index is 5.20. The van der Waals surface area contributed by atoms with Crippen LogP contribution in [0.4, 0.5) is 0 Å². The highest BCUT2D eigenvalue weighted by Gasteiger charge is 2.47. The first-order chi connectivity index (χ1) is 10.7. The molecule has 0 bridgehead atoms. The molecule has 0 aromatic rings. The Kier molecular flexibility index (Phi) is 10.1. The van der Waals surface area contributed by atoms with E-state index in [1.165, 1.54) is 0 Å². The molecule has 0 aliphatic rings. The van der Waals surface area contributed by atoms with Crippen molar-refractivity contribution in [3.63, 3.8) is 0 Å². The molecule has 0 rings (SSSR count). The van der Waals surface area contributed by atoms with Crippen molar-refractivity contribution in [3.8, 4) is 0 Å². The lowest BCUT2D eigenvalue weighted by Gasteiger charge is -2.42. The normalized spacial score (nSPS) is 18.5. The predicted molar refractivity (Wildman–Crippen MR) is 113 cm³/mol. The average Bonchev–Trinajstić information content (AvgIpc) is 2.32. The van der Waals surface area contributed by atoms with Gasteiger partial charge in [-0.3, -0.25) is 0 Å². The van der Waals surface area contributed by atoms with Gasteiger partial charge in [-0.1, -0.05) is 20.0 Å². The van der Waals surface area contributed by atoms with Crippen LogP contribution in [0.1, 0.15) is 6.92 Å². The van der Waals surface area contributed by atoms with Crippen molar-refractivity contribution in [1.82, 2.24) is 0 Å². The van der Waals surface area contributed by atoms with Crippen LogP contribution < -0.4 is 0 Å². The second kappa shape index (κ2) is 9.71. The second-order valence-corrected chi connectivity index (χ2v) is 26.4. The van der Waals surface area contributed by atoms with Crippen molar-refractivity contribution < 1.29 is 21.5 Å². The van der Waals surface area contributed by atoms with E-state index in [0.717, 1.165) is 12.3 Å². The van der Waals surface area contributed by atoms with E-state index in [2.05, 4.69) is 65.8 Å². The van der Waals surface area contributed by atoms with E-state index >= 15 is 0 Å². The number of hydrogen-bond donors (Lipinski definition) is 0. The second-order valence-electron chi connectivity index (χ2n) is 8.37. The molecular weight excluding hydrogens is 389 g/mol. The maximum atomic E-state index is 6.61. The first kappa shape index (κ1) is 24.9. The van der Waals surface area contributed by atoms with Gasteiger partial charge in [0.15, 0.2) is 8.32 Å². The fourth-order valence-corrected chi connectivity index (χ4v) is 21.8. The van der Waals surface area contributed by atoms with Gasteiger partial charge in [-0.2, -0.15) is 0 Å². The zero-order chi connectivity index (χ0) is 19.2. The molecule has 0 fully saturated rings. The van der Waals surface area contributed by atoms with Gasteiger partial charge in [0, 0.05) is 13.3 Å². The van der Waals surface area contributed by atoms with E-state index in [1.54, 1.807) is 7.11 Å². The van der Waals surface area contributed by atoms with Crippen LogP contribution in [0.2, 0.25) is 65.0 Å². The van der Waals surface area contributed by atoms with Gasteiger partial charge in [-0.15, -0.1) is 0 Å². The van der Waals surface area contributed by atoms with Crippen LogP contribution in [0.15, 0.2) is 0 Å². The summed E-state index contributed by atoms with van der Waals surface area (Å²) in [5, 5.41) is 0. The van der Waals surface area contributed by atoms with E-state index < -0.39 is 42.8 Å². The lowest BCUT2D eigenvalue weighted by atomic mass is 11.0. The van der Waals surface area contributed by atoms with Crippen LogP contribution in [-0.2, 0) is 21.5 Å². The summed E-state index contributed by atoms with van der Waals surface area (Å²) in [6.07, 6.45) is 1.32. The molecule has 0 saturated heterocycles. The molecule has 0 heterocycles. The van der Waals surface area contributed by atoms with Crippen molar-refractivity contribution in [1.29, 1.82) is 0 Å². The topological polar surface area (TPSA) is 46.2 Å². The molecular formula is C14H39O5Si5. The van der Waals surface area contributed by atoms with Gasteiger partial charge in [-0.05, 0) is 51.9 Å². The van der Waals surface area contributed by atoms with Crippen LogP contribution in [0.3, 0.4) is 0 Å². The molecule has 0 saturated carbocycles. The summed E-state index contributed by atoms with van der Waals surface area (Å²) in [5.74, 6) is 0. The SMILES string of the molecule is CC[Si](C)(OC[Si](C)C)O[Si](C)(COC)O[Si](C)(C)O[Si](C)(C)C. The van der Waals surface area contributed by atoms with E-state index in [4.69, 9.17) is 21.5 Å². The quantitative estimate of drug-likeness (QED) is 0.436. The van der Waals surface area contributed by atoms with Gasteiger partial charge < -0.3 is 21.5 Å². The number of ether oxygens (including phenoxy) is 1. The lowest BCUT2D eigenvalue weighted by Crippen LogP contribution is -2.61. The van der Waals surface area contributed by atoms with Gasteiger partial charge in [0.1, 0.15) is 0 Å². The molecule has 0 spiro atoms. The summed E-state index contributed by atoms with van der Waals surface area (Å²) in [4.78, 5) is 0. The highest BCUT2D eigenvalue weighted by atomic mass is 28.5. The molecule has 5 nitrogen and oxygen atoms in total. The van der Waals surface area contributed by atoms with E-state index in [9.17, 15) is 0 Å². The van der Waals surface area contributed by atoms with Crippen LogP contribution in [-0.4, -0.2) is 62.4 Å². The minimum atomic E-state index is -2.53. The van der Waals surface area contributed by atoms with Crippen LogP contribution in [0.5, 0.6) is 0 Å². The third-order valence-corrected chi connectivity index (χ3v) is 18.6. The van der Waals surface area contributed by atoms with Crippen molar-refractivity contribution in [3.05, 3.63) is 0 Å². The maximum Gasteiger partial charge on any atom is 0.344 e. The fourth-order valence-electron chi connectivity index (χ4n) is 2.58. The summed E-state index contributed by atoms with van der Waals surface area (Å²) >= 11 is 0. The van der Waals surface area contributed by atoms with Gasteiger partial charge in [0.2, 0.25) is 0 Å². The molecule has 0 amide bonds. The Morgan fingerprint density at radius 3 is 1.71 bits per heavy atom. The standard InChI is InChI=1S/C14H39O5Si5/c1-12-23(10,16-13-20(3)4)19-24(11,14-15-2)18-22(8,9)17-21(5,6)7/h12-14H2,1-11H3. The minimum Gasteiger partial charge on any atom is -0.437 e. The first-order valence-electron chi connectivity index (χ1n) is 8.68. The van der Waals surface area contributed by atoms with Crippen molar-refractivity contribution in [2.45, 2.75) is 71.9 Å². The summed E-state index contributed by atoms with van der Waals surface area (Å²) in [5.41, 5.74) is 0. The first-order valence-corrected chi connectivity index (χ1v) is 22.7. The molecule has 0 aliphatic carbocycles. The van der Waals surface area contributed by atoms with E-state index in [1.807, 2.05) is 0 Å². The van der Waals surface area contributed by atoms with E-state index in [-0.39, 0.29) is 0 Å². The van der Waals surface area contributed by atoms with Gasteiger partial charge in [0.25, 0.3) is 0 Å². The molecule has 2 atom stereocenters. The van der Waals surface area contributed by atoms with Gasteiger partial charge >= 0.3 is 25.7 Å². The Morgan fingerprint density at radius 2 is 1.33 bits per heavy atom. The minimum absolute atomic E-state index is 0.437. The smallest absolute Gasteiger partial charge is 0.344 e. The molecule has 10 heteroatoms. The molecule has 0 aromatic carbocycles. The summed E-state index contributed by atoms with van der Waals surface area (Å²) < 4.78 is 31.2. The van der Waals surface area contributed by atoms with Crippen LogP contribution >= 0.6 is 0 Å². The zero-order valence-corrected chi connectivity index (χ0v) is 22.7. The monoisotopic (exact) mass is 427 g/mol. The molecule has 1 radical (unpaired) electrons. The van der Waals surface area contributed by atoms with E-state index in [0.29, 0.717) is 6.23 Å². The molecule has 0 N–H and O–H groups in total. The highest BCUT2D eigenvalue weighted by molar-refractivity contribution is 6.89. The van der Waals surface area contributed by atoms with Crippen molar-refractivity contribution in [2.75, 3.05) is 19.6 Å². The third kappa shape index (κ3) is 10.8. The maximum absolute atomic E-state index is 6.61. The largest absolute Gasteiger partial charge is 0.437 e. The lowest BCUT2D eigenvalue weighted by molar-refractivity contribution is 0.182. The fraction of sp³-hybridized carbons (Fsp3) is 1.00. The molecule has 2 unspecified atom stereocenters. The average molecular weight is 428 g/mol. The summed E-state index contributed by atoms with van der Waals surface area (Å²) in [6, 6.07) is 0.911. The number of methoxy groups -OCH3 is 1. The number of rotatable bonds is 12. The Bertz CT molecular complexity index is 377. The van der Waals surface area contributed by atoms with Crippen LogP contribution in [0.25, 0.3) is 0 Å². The summed E-state index contributed by atoms with van der Waals surface area (Å²) in [6.45, 7) is 21.7. The molecule has 0 aliphatic heterocycles. The van der Waals surface area contributed by atoms with Gasteiger partial charge in [0.05, 0.1) is 15.0 Å². The van der Waals surface area contributed by atoms with Crippen molar-refractivity contribution in [2.24, 2.45) is 0 Å². The molecule has 0 aromatic heterocycles. The highest BCUT2D eigenvalue weighted by Crippen LogP contribution is 2.26. The Morgan fingerprint density at radius 1 is 0.792 bits per heavy atom. The number of hydrogen-bond acceptors (Lipinski definition) is 5. The zero-order valence-electron chi connectivity index (χ0n) is 17.7. The molecule has 24 heavy (non-hydrogen) atoms. The summed E-state index contributed by atoms with van der Waals surface area (Å²) in [7, 11) is -7.46. The predicted octanol–water partition coefficient (Wildman–Crippen LogP) is 4.23. The van der Waals surface area contributed by atoms with Crippen molar-refractivity contribution >= 4 is 42.8 Å².